The Hall–Kier alpha value is -1.93. The number of aromatic nitrogens is 6. The van der Waals surface area contributed by atoms with Gasteiger partial charge in [0.1, 0.15) is 25.3 Å². The third-order valence-corrected chi connectivity index (χ3v) is 2.06. The number of hydrogen-bond donors (Lipinski definition) is 0. The summed E-state index contributed by atoms with van der Waals surface area (Å²) in [4.78, 5) is 27.1. The van der Waals surface area contributed by atoms with Crippen molar-refractivity contribution in [1.29, 1.82) is 0 Å². The van der Waals surface area contributed by atoms with Crippen LogP contribution in [-0.2, 0) is 20.1 Å². The van der Waals surface area contributed by atoms with Crippen LogP contribution >= 0.6 is 0 Å². The fourth-order valence-corrected chi connectivity index (χ4v) is 1.32. The maximum atomic E-state index is 4.03. The molecule has 1 aliphatic rings. The predicted molar refractivity (Wildman–Crippen MR) is 59.5 cm³/mol. The van der Waals surface area contributed by atoms with Gasteiger partial charge in [-0.05, 0) is 0 Å². The molecular weight excluding hydrogens is 411 g/mol. The molecule has 3 rings (SSSR count). The quantitative estimate of drug-likeness (QED) is 0.599. The molecule has 0 N–H and O–H groups in total. The Bertz CT molecular complexity index is 476. The van der Waals surface area contributed by atoms with Gasteiger partial charge in [-0.15, -0.1) is 0 Å². The smallest absolute Gasteiger partial charge is 0.342 e. The Labute approximate surface area is 117 Å². The summed E-state index contributed by atoms with van der Waals surface area (Å²) in [7, 11) is 1.77. The van der Waals surface area contributed by atoms with E-state index >= 15 is 0 Å². The minimum atomic E-state index is 0. The van der Waals surface area contributed by atoms with Crippen LogP contribution < -0.4 is 9.62 Å². The van der Waals surface area contributed by atoms with Gasteiger partial charge in [0.25, 0.3) is 0 Å². The molecule has 90 valence electrons. The minimum absolute atomic E-state index is 0. The number of rotatable bonds is 2. The van der Waals surface area contributed by atoms with Crippen LogP contribution in [0, 0.1) is 0 Å². The van der Waals surface area contributed by atoms with Gasteiger partial charge in [0.15, 0.2) is 0 Å². The van der Waals surface area contributed by atoms with E-state index in [0.717, 1.165) is 0 Å². The minimum Gasteiger partial charge on any atom is -0.342 e. The first-order chi connectivity index (χ1) is 8.43. The monoisotopic (exact) mass is 418 g/mol. The van der Waals surface area contributed by atoms with Gasteiger partial charge in [-0.3, -0.25) is 0 Å². The molecule has 0 atom stereocenters. The SMILES string of the molecule is [B]1N(c2ncncn2)C=CN1c1ncncn1.[Ir]. The summed E-state index contributed by atoms with van der Waals surface area (Å²) in [5.41, 5.74) is 0. The van der Waals surface area contributed by atoms with Gasteiger partial charge in [0.05, 0.1) is 0 Å². The zero-order chi connectivity index (χ0) is 11.5. The molecule has 2 aromatic heterocycles. The van der Waals surface area contributed by atoms with E-state index in [1.54, 1.807) is 29.6 Å². The molecule has 2 radical (unpaired) electrons. The van der Waals surface area contributed by atoms with Crippen LogP contribution in [0.3, 0.4) is 0 Å². The summed E-state index contributed by atoms with van der Waals surface area (Å²) in [5, 5.41) is 0. The van der Waals surface area contributed by atoms with Crippen molar-refractivity contribution in [3.63, 3.8) is 0 Å². The number of anilines is 2. The summed E-state index contributed by atoms with van der Waals surface area (Å²) in [6.45, 7) is 0. The van der Waals surface area contributed by atoms with Crippen molar-refractivity contribution in [1.82, 2.24) is 29.9 Å². The summed E-state index contributed by atoms with van der Waals surface area (Å²) >= 11 is 0. The van der Waals surface area contributed by atoms with Crippen LogP contribution in [0.15, 0.2) is 37.7 Å². The van der Waals surface area contributed by atoms with E-state index in [2.05, 4.69) is 29.9 Å². The average Bonchev–Trinajstić information content (AvgIpc) is 2.90. The van der Waals surface area contributed by atoms with E-state index < -0.39 is 0 Å². The zero-order valence-electron chi connectivity index (χ0n) is 8.95. The molecule has 0 saturated carbocycles. The summed E-state index contributed by atoms with van der Waals surface area (Å²) in [6, 6.07) is 0. The van der Waals surface area contributed by atoms with Crippen molar-refractivity contribution < 1.29 is 20.1 Å². The second-order valence-corrected chi connectivity index (χ2v) is 3.10. The van der Waals surface area contributed by atoms with Crippen molar-refractivity contribution in [3.05, 3.63) is 37.7 Å². The second kappa shape index (κ2) is 5.61. The first-order valence-electron chi connectivity index (χ1n) is 4.77. The molecule has 0 amide bonds. The molecule has 10 heteroatoms. The van der Waals surface area contributed by atoms with Gasteiger partial charge in [0, 0.05) is 32.5 Å². The van der Waals surface area contributed by atoms with Crippen LogP contribution in [0.4, 0.5) is 11.9 Å². The summed E-state index contributed by atoms with van der Waals surface area (Å²) in [5.74, 6) is 1.07. The van der Waals surface area contributed by atoms with Gasteiger partial charge in [-0.2, -0.15) is 0 Å². The second-order valence-electron chi connectivity index (χ2n) is 3.10. The van der Waals surface area contributed by atoms with E-state index in [9.17, 15) is 0 Å². The Morgan fingerprint density at radius 2 is 1.11 bits per heavy atom. The molecule has 3 heterocycles. The summed E-state index contributed by atoms with van der Waals surface area (Å²) < 4.78 is 0. The molecule has 0 saturated heterocycles. The Balaban J connectivity index is 0.00000120. The van der Waals surface area contributed by atoms with E-state index in [1.807, 2.05) is 0 Å². The molecule has 0 bridgehead atoms. The van der Waals surface area contributed by atoms with E-state index in [1.165, 1.54) is 25.3 Å². The normalized spacial score (nSPS) is 13.1. The number of hydrogen-bond acceptors (Lipinski definition) is 8. The molecule has 18 heavy (non-hydrogen) atoms. The Morgan fingerprint density at radius 1 is 0.722 bits per heavy atom. The van der Waals surface area contributed by atoms with Crippen LogP contribution in [-0.4, -0.2) is 37.5 Å². The molecule has 0 fully saturated rings. The molecule has 8 nitrogen and oxygen atoms in total. The van der Waals surface area contributed by atoms with E-state index in [-0.39, 0.29) is 20.1 Å². The van der Waals surface area contributed by atoms with Gasteiger partial charge < -0.3 is 9.62 Å². The van der Waals surface area contributed by atoms with Gasteiger partial charge >= 0.3 is 7.55 Å². The van der Waals surface area contributed by atoms with E-state index in [0.29, 0.717) is 11.9 Å². The molecule has 2 aromatic rings. The van der Waals surface area contributed by atoms with Crippen molar-refractivity contribution in [2.24, 2.45) is 0 Å². The topological polar surface area (TPSA) is 83.8 Å². The van der Waals surface area contributed by atoms with Crippen molar-refractivity contribution in [2.75, 3.05) is 9.62 Å². The molecule has 0 aliphatic carbocycles. The first kappa shape index (κ1) is 12.5. The summed E-state index contributed by atoms with van der Waals surface area (Å²) in [6.07, 6.45) is 9.37. The fraction of sp³-hybridized carbons (Fsp3) is 0. The molecule has 1 aliphatic heterocycles. The predicted octanol–water partition coefficient (Wildman–Crippen LogP) is -0.614. The first-order valence-corrected chi connectivity index (χ1v) is 4.77. The Morgan fingerprint density at radius 3 is 1.50 bits per heavy atom. The maximum Gasteiger partial charge on any atom is 0.405 e. The van der Waals surface area contributed by atoms with Crippen LogP contribution in [0.5, 0.6) is 0 Å². The van der Waals surface area contributed by atoms with Crippen LogP contribution in [0.2, 0.25) is 0 Å². The third kappa shape index (κ3) is 2.49. The van der Waals surface area contributed by atoms with Crippen molar-refractivity contribution in [2.45, 2.75) is 0 Å². The van der Waals surface area contributed by atoms with Gasteiger partial charge in [-0.1, -0.05) is 0 Å². The third-order valence-electron chi connectivity index (χ3n) is 2.06. The Kier molecular flexibility index (Phi) is 3.90. The van der Waals surface area contributed by atoms with Gasteiger partial charge in [-0.25, -0.2) is 29.9 Å². The average molecular weight is 417 g/mol. The standard InChI is InChI=1S/C8H6BN8.Ir/c1-2-17(8-14-5-11-6-15-8)9-16(1)7-12-3-10-4-13-7;/h1-6H;. The van der Waals surface area contributed by atoms with Crippen LogP contribution in [0.1, 0.15) is 0 Å². The molecule has 0 aromatic carbocycles. The van der Waals surface area contributed by atoms with Gasteiger partial charge in [0.2, 0.25) is 11.9 Å². The molecule has 0 spiro atoms. The van der Waals surface area contributed by atoms with Crippen molar-refractivity contribution in [3.8, 4) is 0 Å². The largest absolute Gasteiger partial charge is 0.405 e. The molecular formula is C8H6BIrN8. The van der Waals surface area contributed by atoms with Crippen molar-refractivity contribution >= 4 is 19.4 Å². The fourth-order valence-electron chi connectivity index (χ4n) is 1.32. The number of nitrogens with zero attached hydrogens (tertiary/aromatic N) is 8. The van der Waals surface area contributed by atoms with Crippen LogP contribution in [0.25, 0.3) is 0 Å². The zero-order valence-corrected chi connectivity index (χ0v) is 11.3. The maximum absolute atomic E-state index is 4.03. The molecule has 0 unspecified atom stereocenters. The van der Waals surface area contributed by atoms with E-state index in [4.69, 9.17) is 0 Å².